The van der Waals surface area contributed by atoms with Crippen LogP contribution in [0.3, 0.4) is 0 Å². The summed E-state index contributed by atoms with van der Waals surface area (Å²) >= 11 is 8.95. The lowest BCUT2D eigenvalue weighted by atomic mass is 10.0. The molecule has 11 heteroatoms. The first kappa shape index (κ1) is 26.5. The Morgan fingerprint density at radius 3 is 2.66 bits per heavy atom. The Morgan fingerprint density at radius 2 is 1.97 bits per heavy atom. The highest BCUT2D eigenvalue weighted by molar-refractivity contribution is 7.91. The lowest BCUT2D eigenvalue weighted by molar-refractivity contribution is -0.123. The number of sulfonamides is 1. The monoisotopic (exact) mass is 554 g/mol. The van der Waals surface area contributed by atoms with Gasteiger partial charge in [-0.2, -0.15) is 4.31 Å². The van der Waals surface area contributed by atoms with E-state index >= 15 is 0 Å². The van der Waals surface area contributed by atoms with Crippen molar-refractivity contribution in [1.82, 2.24) is 14.2 Å². The van der Waals surface area contributed by atoms with Gasteiger partial charge < -0.3 is 4.90 Å². The van der Waals surface area contributed by atoms with E-state index in [1.54, 1.807) is 22.4 Å². The maximum Gasteiger partial charge on any atom is 0.253 e. The minimum Gasteiger partial charge on any atom is -0.302 e. The van der Waals surface area contributed by atoms with Crippen LogP contribution in [0.25, 0.3) is 10.2 Å². The zero-order valence-corrected chi connectivity index (χ0v) is 23.4. The molecule has 0 spiro atoms. The quantitative estimate of drug-likeness (QED) is 0.362. The van der Waals surface area contributed by atoms with Crippen molar-refractivity contribution in [3.8, 4) is 0 Å². The molecule has 0 saturated carbocycles. The zero-order chi connectivity index (χ0) is 25.2. The predicted octanol–water partition coefficient (Wildman–Crippen LogP) is 5.24. The van der Waals surface area contributed by atoms with Crippen molar-refractivity contribution in [2.24, 2.45) is 0 Å². The number of likely N-dealkylation sites (N-methyl/N-ethyl adjacent to an activating group) is 1. The van der Waals surface area contributed by atoms with Crippen LogP contribution in [-0.2, 0) is 14.8 Å². The highest BCUT2D eigenvalue weighted by Crippen LogP contribution is 2.35. The number of amides is 1. The molecule has 1 fully saturated rings. The number of thiazole rings is 1. The van der Waals surface area contributed by atoms with Gasteiger partial charge in [-0.25, -0.2) is 13.4 Å². The topological polar surface area (TPSA) is 73.8 Å². The lowest BCUT2D eigenvalue weighted by Crippen LogP contribution is -2.54. The summed E-state index contributed by atoms with van der Waals surface area (Å²) in [5, 5.41) is 2.97. The van der Waals surface area contributed by atoms with Gasteiger partial charge in [-0.3, -0.25) is 9.69 Å². The molecule has 1 atom stereocenters. The molecule has 1 aliphatic rings. The molecular formula is C24H31ClN4O3S3. The molecule has 0 aliphatic carbocycles. The summed E-state index contributed by atoms with van der Waals surface area (Å²) in [6, 6.07) is 6.36. The van der Waals surface area contributed by atoms with Gasteiger partial charge in [-0.05, 0) is 62.0 Å². The summed E-state index contributed by atoms with van der Waals surface area (Å²) in [5.74, 6) is -0.209. The van der Waals surface area contributed by atoms with Gasteiger partial charge in [0.05, 0.1) is 10.2 Å². The fraction of sp³-hybridized carbons (Fsp3) is 0.500. The lowest BCUT2D eigenvalue weighted by Gasteiger charge is -2.36. The van der Waals surface area contributed by atoms with Crippen molar-refractivity contribution in [1.29, 1.82) is 0 Å². The normalized spacial score (nSPS) is 17.3. The smallest absolute Gasteiger partial charge is 0.253 e. The van der Waals surface area contributed by atoms with E-state index in [-0.39, 0.29) is 10.1 Å². The summed E-state index contributed by atoms with van der Waals surface area (Å²) in [5.41, 5.74) is 1.66. The van der Waals surface area contributed by atoms with Gasteiger partial charge in [0.15, 0.2) is 5.13 Å². The predicted molar refractivity (Wildman–Crippen MR) is 145 cm³/mol. The Labute approximate surface area is 220 Å². The second-order valence-electron chi connectivity index (χ2n) is 8.59. The molecular weight excluding hydrogens is 524 g/mol. The maximum absolute atomic E-state index is 14.1. The van der Waals surface area contributed by atoms with E-state index in [4.69, 9.17) is 16.6 Å². The first-order valence-corrected chi connectivity index (χ1v) is 15.4. The number of carbonyl (C=O) groups excluding carboxylic acids is 1. The largest absolute Gasteiger partial charge is 0.302 e. The molecule has 1 saturated heterocycles. The number of piperidine rings is 1. The number of aryl methyl sites for hydroxylation is 1. The molecule has 1 aromatic carbocycles. The molecule has 1 unspecified atom stereocenters. The third kappa shape index (κ3) is 5.42. The highest BCUT2D eigenvalue weighted by Gasteiger charge is 2.40. The summed E-state index contributed by atoms with van der Waals surface area (Å²) in [6.45, 7) is 9.31. The minimum atomic E-state index is -3.75. The molecule has 1 amide bonds. The number of aromatic nitrogens is 1. The summed E-state index contributed by atoms with van der Waals surface area (Å²) < 4.78 is 29.5. The SMILES string of the molecule is CCN(CC)CCN(C(=O)C1CCCCN1S(=O)(=O)c1cccs1)c1nc2c(C)c(Cl)ccc2s1. The minimum absolute atomic E-state index is 0.209. The van der Waals surface area contributed by atoms with Crippen LogP contribution in [0.1, 0.15) is 38.7 Å². The Kier molecular flexibility index (Phi) is 8.50. The standard InChI is InChI=1S/C24H31ClN4O3S3/c1-4-27(5-2)14-15-28(24-26-22-17(3)18(25)11-12-20(22)34-24)23(30)19-9-6-7-13-29(19)35(31,32)21-10-8-16-33-21/h8,10-12,16,19H,4-7,9,13-15H2,1-3H3. The van der Waals surface area contributed by atoms with Crippen LogP contribution >= 0.6 is 34.3 Å². The number of fused-ring (bicyclic) bond motifs is 1. The molecule has 1 aliphatic heterocycles. The molecule has 190 valence electrons. The number of carbonyl (C=O) groups is 1. The number of thiophene rings is 1. The van der Waals surface area contributed by atoms with E-state index in [1.165, 1.54) is 27.0 Å². The van der Waals surface area contributed by atoms with Gasteiger partial charge in [0, 0.05) is 24.7 Å². The fourth-order valence-corrected chi connectivity index (χ4v) is 8.41. The van der Waals surface area contributed by atoms with Crippen LogP contribution in [-0.4, -0.2) is 67.3 Å². The van der Waals surface area contributed by atoms with Gasteiger partial charge in [-0.15, -0.1) is 11.3 Å². The van der Waals surface area contributed by atoms with E-state index in [2.05, 4.69) is 18.7 Å². The summed E-state index contributed by atoms with van der Waals surface area (Å²) in [4.78, 5) is 22.8. The Morgan fingerprint density at radius 1 is 1.20 bits per heavy atom. The van der Waals surface area contributed by atoms with Gasteiger partial charge >= 0.3 is 0 Å². The van der Waals surface area contributed by atoms with Crippen LogP contribution in [0.2, 0.25) is 5.02 Å². The van der Waals surface area contributed by atoms with Crippen LogP contribution in [0.4, 0.5) is 5.13 Å². The number of hydrogen-bond donors (Lipinski definition) is 0. The molecule has 0 bridgehead atoms. The third-order valence-corrected chi connectivity index (χ3v) is 11.3. The average Bonchev–Trinajstić information content (AvgIpc) is 3.55. The highest BCUT2D eigenvalue weighted by atomic mass is 35.5. The van der Waals surface area contributed by atoms with E-state index in [9.17, 15) is 13.2 Å². The first-order chi connectivity index (χ1) is 16.8. The number of rotatable bonds is 9. The van der Waals surface area contributed by atoms with Gasteiger partial charge in [0.25, 0.3) is 10.0 Å². The Bertz CT molecular complexity index is 1270. The number of halogens is 1. The number of nitrogens with zero attached hydrogens (tertiary/aromatic N) is 4. The van der Waals surface area contributed by atoms with Gasteiger partial charge in [0.2, 0.25) is 5.91 Å². The molecule has 7 nitrogen and oxygen atoms in total. The molecule has 3 heterocycles. The second kappa shape index (κ2) is 11.2. The van der Waals surface area contributed by atoms with E-state index < -0.39 is 16.1 Å². The van der Waals surface area contributed by atoms with Crippen LogP contribution < -0.4 is 4.90 Å². The molecule has 35 heavy (non-hydrogen) atoms. The van der Waals surface area contributed by atoms with Crippen molar-refractivity contribution in [3.63, 3.8) is 0 Å². The van der Waals surface area contributed by atoms with Crippen LogP contribution in [0.15, 0.2) is 33.9 Å². The van der Waals surface area contributed by atoms with Crippen molar-refractivity contribution >= 4 is 65.6 Å². The average molecular weight is 555 g/mol. The van der Waals surface area contributed by atoms with Gasteiger partial charge in [-0.1, -0.05) is 49.3 Å². The van der Waals surface area contributed by atoms with E-state index in [0.29, 0.717) is 36.2 Å². The van der Waals surface area contributed by atoms with E-state index in [1.807, 2.05) is 19.1 Å². The second-order valence-corrected chi connectivity index (χ2v) is 13.1. The van der Waals surface area contributed by atoms with Crippen LogP contribution in [0.5, 0.6) is 0 Å². The fourth-order valence-electron chi connectivity index (χ4n) is 4.43. The maximum atomic E-state index is 14.1. The van der Waals surface area contributed by atoms with Crippen molar-refractivity contribution in [2.75, 3.05) is 37.6 Å². The third-order valence-electron chi connectivity index (χ3n) is 6.56. The molecule has 3 aromatic rings. The molecule has 4 rings (SSSR count). The number of benzene rings is 1. The Hall–Kier alpha value is -1.56. The Balaban J connectivity index is 1.72. The molecule has 0 radical (unpaired) electrons. The molecule has 0 N–H and O–H groups in total. The first-order valence-electron chi connectivity index (χ1n) is 11.9. The van der Waals surface area contributed by atoms with Gasteiger partial charge in [0.1, 0.15) is 10.3 Å². The van der Waals surface area contributed by atoms with Crippen molar-refractivity contribution < 1.29 is 13.2 Å². The molecule has 2 aromatic heterocycles. The zero-order valence-electron chi connectivity index (χ0n) is 20.2. The van der Waals surface area contributed by atoms with Crippen molar-refractivity contribution in [3.05, 3.63) is 40.2 Å². The number of anilines is 1. The summed E-state index contributed by atoms with van der Waals surface area (Å²) in [6.07, 6.45) is 2.05. The number of hydrogen-bond acceptors (Lipinski definition) is 7. The van der Waals surface area contributed by atoms with E-state index in [0.717, 1.165) is 41.7 Å². The van der Waals surface area contributed by atoms with Crippen molar-refractivity contribution in [2.45, 2.75) is 50.3 Å². The van der Waals surface area contributed by atoms with Crippen LogP contribution in [0, 0.1) is 6.92 Å². The summed E-state index contributed by atoms with van der Waals surface area (Å²) in [7, 11) is -3.75.